The van der Waals surface area contributed by atoms with Crippen molar-refractivity contribution < 1.29 is 17.9 Å². The second kappa shape index (κ2) is 5.31. The maximum atomic E-state index is 12.0. The summed E-state index contributed by atoms with van der Waals surface area (Å²) in [6.45, 7) is 6.10. The lowest BCUT2D eigenvalue weighted by Crippen LogP contribution is -2.47. The van der Waals surface area contributed by atoms with Crippen molar-refractivity contribution in [3.05, 3.63) is 29.8 Å². The van der Waals surface area contributed by atoms with Crippen LogP contribution in [0.4, 0.5) is 4.79 Å². The van der Waals surface area contributed by atoms with Gasteiger partial charge in [0.15, 0.2) is 0 Å². The predicted octanol–water partition coefficient (Wildman–Crippen LogP) is 2.02. The summed E-state index contributed by atoms with van der Waals surface area (Å²) >= 11 is 0. The number of amides is 1. The topological polar surface area (TPSA) is 89.7 Å². The van der Waals surface area contributed by atoms with Crippen molar-refractivity contribution in [3.8, 4) is 0 Å². The summed E-state index contributed by atoms with van der Waals surface area (Å²) in [6, 6.07) is 6.20. The molecule has 0 spiro atoms. The lowest BCUT2D eigenvalue weighted by atomic mass is 9.95. The monoisotopic (exact) mass is 312 g/mol. The quantitative estimate of drug-likeness (QED) is 0.904. The highest BCUT2D eigenvalue weighted by Gasteiger charge is 2.36. The van der Waals surface area contributed by atoms with Crippen LogP contribution >= 0.6 is 0 Å². The Bertz CT molecular complexity index is 632. The van der Waals surface area contributed by atoms with Crippen molar-refractivity contribution in [1.29, 1.82) is 0 Å². The molecule has 1 aliphatic rings. The number of hydrogen-bond acceptors (Lipinski definition) is 4. The third-order valence-corrected chi connectivity index (χ3v) is 4.17. The van der Waals surface area contributed by atoms with Crippen molar-refractivity contribution in [1.82, 2.24) is 4.90 Å². The first-order valence-electron chi connectivity index (χ1n) is 6.70. The number of nitrogens with two attached hydrogens (primary N) is 1. The summed E-state index contributed by atoms with van der Waals surface area (Å²) in [5, 5.41) is 5.06. The summed E-state index contributed by atoms with van der Waals surface area (Å²) < 4.78 is 27.8. The van der Waals surface area contributed by atoms with E-state index < -0.39 is 15.6 Å². The van der Waals surface area contributed by atoms with E-state index in [-0.39, 0.29) is 17.0 Å². The third-order valence-electron chi connectivity index (χ3n) is 3.24. The van der Waals surface area contributed by atoms with E-state index in [1.165, 1.54) is 12.1 Å². The Balaban J connectivity index is 2.11. The third kappa shape index (κ3) is 3.74. The second-order valence-corrected chi connectivity index (χ2v) is 7.65. The minimum absolute atomic E-state index is 0.0643. The van der Waals surface area contributed by atoms with E-state index in [0.29, 0.717) is 6.54 Å². The first-order chi connectivity index (χ1) is 9.58. The Morgan fingerprint density at radius 1 is 1.29 bits per heavy atom. The minimum atomic E-state index is -3.69. The maximum Gasteiger partial charge on any atom is 0.410 e. The standard InChI is InChI=1S/C14H20N2O4S/c1-14(2,3)20-13(17)16-9-8-12(16)10-4-6-11(7-5-10)21(15,18)19/h4-7,12H,8-9H2,1-3H3,(H2,15,18,19). The molecular formula is C14H20N2O4S. The fourth-order valence-electron chi connectivity index (χ4n) is 2.15. The van der Waals surface area contributed by atoms with Crippen LogP contribution in [0.15, 0.2) is 29.2 Å². The van der Waals surface area contributed by atoms with Crippen molar-refractivity contribution >= 4 is 16.1 Å². The van der Waals surface area contributed by atoms with Crippen molar-refractivity contribution in [2.75, 3.05) is 6.54 Å². The molecule has 1 unspecified atom stereocenters. The molecule has 1 aromatic carbocycles. The molecule has 0 saturated carbocycles. The molecule has 2 rings (SSSR count). The highest BCUT2D eigenvalue weighted by atomic mass is 32.2. The van der Waals surface area contributed by atoms with E-state index in [0.717, 1.165) is 12.0 Å². The van der Waals surface area contributed by atoms with Crippen LogP contribution in [0.2, 0.25) is 0 Å². The van der Waals surface area contributed by atoms with Crippen LogP contribution in [-0.2, 0) is 14.8 Å². The number of carbonyl (C=O) groups is 1. The van der Waals surface area contributed by atoms with E-state index in [1.807, 2.05) is 20.8 Å². The van der Waals surface area contributed by atoms with Gasteiger partial charge in [0.25, 0.3) is 0 Å². The molecule has 0 aromatic heterocycles. The largest absolute Gasteiger partial charge is 0.444 e. The molecule has 1 fully saturated rings. The van der Waals surface area contributed by atoms with Crippen LogP contribution in [0.25, 0.3) is 0 Å². The zero-order chi connectivity index (χ0) is 15.8. The highest BCUT2D eigenvalue weighted by molar-refractivity contribution is 7.89. The lowest BCUT2D eigenvalue weighted by molar-refractivity contribution is -0.00575. The van der Waals surface area contributed by atoms with Gasteiger partial charge in [-0.25, -0.2) is 18.4 Å². The number of ether oxygens (including phenoxy) is 1. The number of likely N-dealkylation sites (tertiary alicyclic amines) is 1. The molecule has 7 heteroatoms. The first-order valence-corrected chi connectivity index (χ1v) is 8.25. The van der Waals surface area contributed by atoms with Gasteiger partial charge in [0.2, 0.25) is 10.0 Å². The van der Waals surface area contributed by atoms with Gasteiger partial charge in [-0.3, -0.25) is 0 Å². The fraction of sp³-hybridized carbons (Fsp3) is 0.500. The fourth-order valence-corrected chi connectivity index (χ4v) is 2.67. The Morgan fingerprint density at radius 2 is 1.86 bits per heavy atom. The molecule has 0 radical (unpaired) electrons. The van der Waals surface area contributed by atoms with Gasteiger partial charge < -0.3 is 9.64 Å². The summed E-state index contributed by atoms with van der Waals surface area (Å²) in [4.78, 5) is 13.7. The van der Waals surface area contributed by atoms with E-state index in [2.05, 4.69) is 0 Å². The van der Waals surface area contributed by atoms with Crippen molar-refractivity contribution in [3.63, 3.8) is 0 Å². The average molecular weight is 312 g/mol. The molecule has 0 aliphatic carbocycles. The first kappa shape index (κ1) is 15.8. The van der Waals surface area contributed by atoms with Gasteiger partial charge in [-0.2, -0.15) is 0 Å². The maximum absolute atomic E-state index is 12.0. The van der Waals surface area contributed by atoms with Crippen LogP contribution < -0.4 is 5.14 Å². The van der Waals surface area contributed by atoms with Gasteiger partial charge >= 0.3 is 6.09 Å². The van der Waals surface area contributed by atoms with Crippen LogP contribution in [0, 0.1) is 0 Å². The van der Waals surface area contributed by atoms with Gasteiger partial charge in [0, 0.05) is 6.54 Å². The van der Waals surface area contributed by atoms with Crippen molar-refractivity contribution in [2.24, 2.45) is 5.14 Å². The summed E-state index contributed by atoms with van der Waals surface area (Å²) in [5.41, 5.74) is 0.342. The number of carbonyl (C=O) groups excluding carboxylic acids is 1. The Labute approximate surface area is 124 Å². The van der Waals surface area contributed by atoms with E-state index in [9.17, 15) is 13.2 Å². The van der Waals surface area contributed by atoms with Gasteiger partial charge in [0.05, 0.1) is 10.9 Å². The zero-order valence-corrected chi connectivity index (χ0v) is 13.2. The van der Waals surface area contributed by atoms with Gasteiger partial charge in [-0.15, -0.1) is 0 Å². The molecule has 1 amide bonds. The van der Waals surface area contributed by atoms with Gasteiger partial charge in [0.1, 0.15) is 5.60 Å². The number of sulfonamides is 1. The molecule has 1 atom stereocenters. The summed E-state index contributed by atoms with van der Waals surface area (Å²) in [5.74, 6) is 0. The number of benzene rings is 1. The molecule has 1 heterocycles. The molecule has 1 aromatic rings. The lowest BCUT2D eigenvalue weighted by Gasteiger charge is -2.41. The number of nitrogens with zero attached hydrogens (tertiary/aromatic N) is 1. The Hall–Kier alpha value is -1.60. The molecule has 1 aliphatic heterocycles. The predicted molar refractivity (Wildman–Crippen MR) is 78.1 cm³/mol. The molecule has 116 valence electrons. The SMILES string of the molecule is CC(C)(C)OC(=O)N1CCC1c1ccc(S(N)(=O)=O)cc1. The van der Waals surface area contributed by atoms with Crippen LogP contribution in [0.1, 0.15) is 38.8 Å². The Morgan fingerprint density at radius 3 is 2.24 bits per heavy atom. The number of rotatable bonds is 2. The smallest absolute Gasteiger partial charge is 0.410 e. The van der Waals surface area contributed by atoms with E-state index in [1.54, 1.807) is 17.0 Å². The molecule has 2 N–H and O–H groups in total. The van der Waals surface area contributed by atoms with E-state index in [4.69, 9.17) is 9.88 Å². The number of hydrogen-bond donors (Lipinski definition) is 1. The minimum Gasteiger partial charge on any atom is -0.444 e. The van der Waals surface area contributed by atoms with Crippen LogP contribution in [0.3, 0.4) is 0 Å². The average Bonchev–Trinajstić information content (AvgIpc) is 2.24. The van der Waals surface area contributed by atoms with Gasteiger partial charge in [-0.05, 0) is 44.9 Å². The van der Waals surface area contributed by atoms with Gasteiger partial charge in [-0.1, -0.05) is 12.1 Å². The summed E-state index contributed by atoms with van der Waals surface area (Å²) in [6.07, 6.45) is 0.475. The molecule has 0 bridgehead atoms. The highest BCUT2D eigenvalue weighted by Crippen LogP contribution is 2.34. The normalized spacial score (nSPS) is 19.0. The van der Waals surface area contributed by atoms with Crippen LogP contribution in [0.5, 0.6) is 0 Å². The number of primary sulfonamides is 1. The molecule has 21 heavy (non-hydrogen) atoms. The Kier molecular flexibility index (Phi) is 3.99. The van der Waals surface area contributed by atoms with Crippen molar-refractivity contribution in [2.45, 2.75) is 43.7 Å². The van der Waals surface area contributed by atoms with E-state index >= 15 is 0 Å². The van der Waals surface area contributed by atoms with Crippen LogP contribution in [-0.4, -0.2) is 31.6 Å². The zero-order valence-electron chi connectivity index (χ0n) is 12.4. The molecule has 1 saturated heterocycles. The summed E-state index contributed by atoms with van der Waals surface area (Å²) in [7, 11) is -3.69. The molecular weight excluding hydrogens is 292 g/mol. The molecule has 6 nitrogen and oxygen atoms in total. The second-order valence-electron chi connectivity index (χ2n) is 6.09.